The van der Waals surface area contributed by atoms with Crippen LogP contribution in [0.1, 0.15) is 15.9 Å². The van der Waals surface area contributed by atoms with Crippen LogP contribution in [-0.4, -0.2) is 21.2 Å². The minimum atomic E-state index is -1.18. The van der Waals surface area contributed by atoms with Gasteiger partial charge in [-0.25, -0.2) is 4.98 Å². The molecule has 3 rings (SSSR count). The first-order valence-electron chi connectivity index (χ1n) is 6.73. The van der Waals surface area contributed by atoms with Gasteiger partial charge in [0.25, 0.3) is 0 Å². The molecule has 1 heterocycles. The molecule has 0 aliphatic rings. The summed E-state index contributed by atoms with van der Waals surface area (Å²) in [5, 5.41) is 19.1. The van der Waals surface area contributed by atoms with Crippen molar-refractivity contribution >= 4 is 29.3 Å². The lowest BCUT2D eigenvalue weighted by molar-refractivity contribution is -0.255. The minimum absolute atomic E-state index is 0.168. The number of hydrogen-bond donors (Lipinski definition) is 1. The fourth-order valence-corrected chi connectivity index (χ4v) is 2.81. The maximum absolute atomic E-state index is 10.7. The molecule has 5 nitrogen and oxygen atoms in total. The van der Waals surface area contributed by atoms with Crippen LogP contribution in [0.5, 0.6) is 0 Å². The maximum Gasteiger partial charge on any atom is 0.209 e. The number of carbonyl (C=O) groups is 1. The zero-order valence-electron chi connectivity index (χ0n) is 11.8. The van der Waals surface area contributed by atoms with E-state index < -0.39 is 5.97 Å². The maximum atomic E-state index is 10.7. The molecule has 0 saturated carbocycles. The number of carbonyl (C=O) groups excluding carboxylic acids is 1. The largest absolute Gasteiger partial charge is 0.545 e. The molecule has 2 aromatic carbocycles. The summed E-state index contributed by atoms with van der Waals surface area (Å²) in [7, 11) is 0. The molecule has 0 radical (unpaired) electrons. The van der Waals surface area contributed by atoms with Crippen molar-refractivity contribution in [3.05, 3.63) is 64.7 Å². The Labute approximate surface area is 141 Å². The average molecular weight is 345 g/mol. The Bertz CT molecular complexity index is 816. The SMILES string of the molecule is O=C([O-])c1ccc(CSc2n[nH]c(-c3ccc(Cl)cc3)n2)cc1. The number of benzene rings is 2. The molecular weight excluding hydrogens is 334 g/mol. The molecule has 3 aromatic rings. The summed E-state index contributed by atoms with van der Waals surface area (Å²) < 4.78 is 0. The van der Waals surface area contributed by atoms with Gasteiger partial charge < -0.3 is 9.90 Å². The van der Waals surface area contributed by atoms with Gasteiger partial charge in [-0.05, 0) is 35.4 Å². The Kier molecular flexibility index (Phi) is 4.64. The predicted molar refractivity (Wildman–Crippen MR) is 87.2 cm³/mol. The number of rotatable bonds is 5. The van der Waals surface area contributed by atoms with E-state index in [2.05, 4.69) is 15.2 Å². The molecule has 0 spiro atoms. The zero-order chi connectivity index (χ0) is 16.2. The fourth-order valence-electron chi connectivity index (χ4n) is 1.93. The summed E-state index contributed by atoms with van der Waals surface area (Å²) in [4.78, 5) is 15.1. The fraction of sp³-hybridized carbons (Fsp3) is 0.0625. The van der Waals surface area contributed by atoms with Gasteiger partial charge in [0.05, 0.1) is 5.97 Å². The van der Waals surface area contributed by atoms with E-state index in [1.165, 1.54) is 23.9 Å². The molecule has 23 heavy (non-hydrogen) atoms. The van der Waals surface area contributed by atoms with Crippen molar-refractivity contribution in [1.29, 1.82) is 0 Å². The molecule has 0 atom stereocenters. The van der Waals surface area contributed by atoms with Crippen LogP contribution in [0, 0.1) is 0 Å². The molecule has 0 unspecified atom stereocenters. The van der Waals surface area contributed by atoms with Crippen LogP contribution in [0.3, 0.4) is 0 Å². The van der Waals surface area contributed by atoms with Gasteiger partial charge in [0, 0.05) is 16.3 Å². The van der Waals surface area contributed by atoms with E-state index >= 15 is 0 Å². The number of nitrogens with one attached hydrogen (secondary N) is 1. The minimum Gasteiger partial charge on any atom is -0.545 e. The molecule has 0 aliphatic carbocycles. The van der Waals surface area contributed by atoms with Crippen LogP contribution in [-0.2, 0) is 5.75 Å². The van der Waals surface area contributed by atoms with Gasteiger partial charge in [-0.15, -0.1) is 5.10 Å². The number of H-pyrrole nitrogens is 1. The summed E-state index contributed by atoms with van der Waals surface area (Å²) in [5.41, 5.74) is 2.06. The van der Waals surface area contributed by atoms with Crippen molar-refractivity contribution in [2.75, 3.05) is 0 Å². The Morgan fingerprint density at radius 2 is 1.83 bits per heavy atom. The summed E-state index contributed by atoms with van der Waals surface area (Å²) in [5.74, 6) is 0.146. The first-order valence-corrected chi connectivity index (χ1v) is 8.09. The number of carboxylic acids is 1. The molecule has 0 fully saturated rings. The first kappa shape index (κ1) is 15.6. The second-order valence-electron chi connectivity index (χ2n) is 4.75. The van der Waals surface area contributed by atoms with Crippen LogP contribution in [0.15, 0.2) is 53.7 Å². The van der Waals surface area contributed by atoms with E-state index in [4.69, 9.17) is 11.6 Å². The highest BCUT2D eigenvalue weighted by atomic mass is 35.5. The van der Waals surface area contributed by atoms with Gasteiger partial charge in [0.2, 0.25) is 5.16 Å². The molecule has 7 heteroatoms. The average Bonchev–Trinajstić information content (AvgIpc) is 3.03. The lowest BCUT2D eigenvalue weighted by Gasteiger charge is -2.03. The molecule has 1 N–H and O–H groups in total. The van der Waals surface area contributed by atoms with Gasteiger partial charge in [0.15, 0.2) is 5.82 Å². The van der Waals surface area contributed by atoms with E-state index in [1.54, 1.807) is 24.3 Å². The lowest BCUT2D eigenvalue weighted by Crippen LogP contribution is -2.21. The molecule has 0 bridgehead atoms. The van der Waals surface area contributed by atoms with Crippen LogP contribution in [0.25, 0.3) is 11.4 Å². The first-order chi connectivity index (χ1) is 11.1. The predicted octanol–water partition coefficient (Wildman–Crippen LogP) is 2.78. The Hall–Kier alpha value is -2.31. The van der Waals surface area contributed by atoms with Crippen LogP contribution in [0.4, 0.5) is 0 Å². The number of carboxylic acid groups (broad SMARTS) is 1. The third-order valence-corrected chi connectivity index (χ3v) is 4.31. The van der Waals surface area contributed by atoms with E-state index in [-0.39, 0.29) is 5.56 Å². The number of aromatic carboxylic acids is 1. The van der Waals surface area contributed by atoms with Gasteiger partial charge >= 0.3 is 0 Å². The van der Waals surface area contributed by atoms with Crippen LogP contribution < -0.4 is 5.11 Å². The van der Waals surface area contributed by atoms with E-state index in [0.29, 0.717) is 21.8 Å². The van der Waals surface area contributed by atoms with Crippen LogP contribution >= 0.6 is 23.4 Å². The van der Waals surface area contributed by atoms with Crippen LogP contribution in [0.2, 0.25) is 5.02 Å². The van der Waals surface area contributed by atoms with Crippen molar-refractivity contribution in [3.63, 3.8) is 0 Å². The number of aromatic nitrogens is 3. The summed E-state index contributed by atoms with van der Waals surface area (Å²) in [6.45, 7) is 0. The summed E-state index contributed by atoms with van der Waals surface area (Å²) >= 11 is 7.33. The number of halogens is 1. The molecule has 116 valence electrons. The topological polar surface area (TPSA) is 81.7 Å². The number of nitrogens with zero attached hydrogens (tertiary/aromatic N) is 2. The molecular formula is C16H11ClN3O2S-. The highest BCUT2D eigenvalue weighted by molar-refractivity contribution is 7.98. The van der Waals surface area contributed by atoms with Crippen molar-refractivity contribution in [2.45, 2.75) is 10.9 Å². The molecule has 0 aliphatic heterocycles. The highest BCUT2D eigenvalue weighted by Crippen LogP contribution is 2.23. The van der Waals surface area contributed by atoms with Gasteiger partial charge in [-0.1, -0.05) is 47.6 Å². The zero-order valence-corrected chi connectivity index (χ0v) is 13.4. The molecule has 0 amide bonds. The number of hydrogen-bond acceptors (Lipinski definition) is 5. The third-order valence-electron chi connectivity index (χ3n) is 3.14. The van der Waals surface area contributed by atoms with E-state index in [0.717, 1.165) is 11.1 Å². The Balaban J connectivity index is 1.65. The second-order valence-corrected chi connectivity index (χ2v) is 6.13. The quantitative estimate of drug-likeness (QED) is 0.720. The normalized spacial score (nSPS) is 10.7. The number of aromatic amines is 1. The van der Waals surface area contributed by atoms with E-state index in [1.807, 2.05) is 12.1 Å². The van der Waals surface area contributed by atoms with E-state index in [9.17, 15) is 9.90 Å². The Morgan fingerprint density at radius 1 is 1.13 bits per heavy atom. The van der Waals surface area contributed by atoms with Crippen molar-refractivity contribution in [3.8, 4) is 11.4 Å². The molecule has 1 aromatic heterocycles. The summed E-state index contributed by atoms with van der Waals surface area (Å²) in [6, 6.07) is 13.9. The van der Waals surface area contributed by atoms with Crippen molar-refractivity contribution in [2.24, 2.45) is 0 Å². The smallest absolute Gasteiger partial charge is 0.209 e. The molecule has 0 saturated heterocycles. The van der Waals surface area contributed by atoms with Gasteiger partial charge in [-0.2, -0.15) is 0 Å². The summed E-state index contributed by atoms with van der Waals surface area (Å²) in [6.07, 6.45) is 0. The third kappa shape index (κ3) is 3.91. The number of thioether (sulfide) groups is 1. The van der Waals surface area contributed by atoms with Crippen molar-refractivity contribution in [1.82, 2.24) is 15.2 Å². The monoisotopic (exact) mass is 344 g/mol. The second kappa shape index (κ2) is 6.85. The van der Waals surface area contributed by atoms with Gasteiger partial charge in [-0.3, -0.25) is 5.10 Å². The van der Waals surface area contributed by atoms with Gasteiger partial charge in [0.1, 0.15) is 0 Å². The highest BCUT2D eigenvalue weighted by Gasteiger charge is 2.06. The Morgan fingerprint density at radius 3 is 2.48 bits per heavy atom. The lowest BCUT2D eigenvalue weighted by atomic mass is 10.1. The standard InChI is InChI=1S/C16H12ClN3O2S/c17-13-7-5-11(6-8-13)14-18-16(20-19-14)23-9-10-1-3-12(4-2-10)15(21)22/h1-8H,9H2,(H,21,22)(H,18,19,20)/p-1. The van der Waals surface area contributed by atoms with Crippen molar-refractivity contribution < 1.29 is 9.90 Å².